The molecule has 0 aliphatic rings. The summed E-state index contributed by atoms with van der Waals surface area (Å²) < 4.78 is 0. The summed E-state index contributed by atoms with van der Waals surface area (Å²) in [4.78, 5) is 18.1. The second kappa shape index (κ2) is 6.34. The highest BCUT2D eigenvalue weighted by Crippen LogP contribution is 2.14. The average Bonchev–Trinajstić information content (AvgIpc) is 2.45. The van der Waals surface area contributed by atoms with Crippen LogP contribution in [-0.4, -0.2) is 22.3 Å². The molecule has 0 saturated heterocycles. The summed E-state index contributed by atoms with van der Waals surface area (Å²) in [5.74, 6) is -0.0122. The molecule has 1 heterocycles. The van der Waals surface area contributed by atoms with E-state index in [1.807, 2.05) is 19.1 Å². The van der Waals surface area contributed by atoms with Gasteiger partial charge >= 0.3 is 0 Å². The monoisotopic (exact) mass is 274 g/mol. The zero-order valence-electron chi connectivity index (χ0n) is 10.7. The third-order valence-electron chi connectivity index (χ3n) is 2.86. The number of rotatable bonds is 4. The molecule has 0 fully saturated rings. The van der Waals surface area contributed by atoms with Crippen LogP contribution in [0.4, 0.5) is 0 Å². The Morgan fingerprint density at radius 2 is 2.00 bits per heavy atom. The standard InChI is InChI=1S/C15H15ClN2O/c1-2-18(11-12-6-8-17-9-7-12)15(19)13-4-3-5-14(16)10-13/h3-10H,2,11H2,1H3. The van der Waals surface area contributed by atoms with Crippen LogP contribution in [0.3, 0.4) is 0 Å². The van der Waals surface area contributed by atoms with E-state index >= 15 is 0 Å². The van der Waals surface area contributed by atoms with E-state index in [2.05, 4.69) is 4.98 Å². The van der Waals surface area contributed by atoms with Gasteiger partial charge < -0.3 is 4.90 Å². The number of aromatic nitrogens is 1. The minimum absolute atomic E-state index is 0.0122. The molecule has 0 radical (unpaired) electrons. The van der Waals surface area contributed by atoms with Crippen LogP contribution in [-0.2, 0) is 6.54 Å². The van der Waals surface area contributed by atoms with Gasteiger partial charge in [-0.1, -0.05) is 17.7 Å². The molecule has 1 amide bonds. The molecular formula is C15H15ClN2O. The first-order chi connectivity index (χ1) is 9.20. The molecule has 0 N–H and O–H groups in total. The Morgan fingerprint density at radius 3 is 2.63 bits per heavy atom. The quantitative estimate of drug-likeness (QED) is 0.856. The first-order valence-electron chi connectivity index (χ1n) is 6.14. The number of amides is 1. The van der Waals surface area contributed by atoms with Crippen LogP contribution in [0, 0.1) is 0 Å². The molecule has 1 aromatic heterocycles. The fourth-order valence-electron chi connectivity index (χ4n) is 1.84. The van der Waals surface area contributed by atoms with E-state index in [4.69, 9.17) is 11.6 Å². The van der Waals surface area contributed by atoms with E-state index in [0.717, 1.165) is 5.56 Å². The number of hydrogen-bond donors (Lipinski definition) is 0. The van der Waals surface area contributed by atoms with E-state index in [9.17, 15) is 4.79 Å². The number of pyridine rings is 1. The van der Waals surface area contributed by atoms with Crippen molar-refractivity contribution in [2.75, 3.05) is 6.54 Å². The first-order valence-corrected chi connectivity index (χ1v) is 6.52. The summed E-state index contributed by atoms with van der Waals surface area (Å²) in [5.41, 5.74) is 1.68. The van der Waals surface area contributed by atoms with Crippen molar-refractivity contribution < 1.29 is 4.79 Å². The lowest BCUT2D eigenvalue weighted by molar-refractivity contribution is 0.0752. The summed E-state index contributed by atoms with van der Waals surface area (Å²) in [6.07, 6.45) is 3.46. The topological polar surface area (TPSA) is 33.2 Å². The van der Waals surface area contributed by atoms with E-state index in [-0.39, 0.29) is 5.91 Å². The third-order valence-corrected chi connectivity index (χ3v) is 3.10. The van der Waals surface area contributed by atoms with Crippen LogP contribution in [0.5, 0.6) is 0 Å². The smallest absolute Gasteiger partial charge is 0.254 e. The lowest BCUT2D eigenvalue weighted by Gasteiger charge is -2.21. The first kappa shape index (κ1) is 13.6. The molecule has 0 aliphatic heterocycles. The number of halogens is 1. The minimum atomic E-state index is -0.0122. The molecule has 98 valence electrons. The Kier molecular flexibility index (Phi) is 4.53. The zero-order valence-corrected chi connectivity index (χ0v) is 11.5. The molecule has 0 unspecified atom stereocenters. The normalized spacial score (nSPS) is 10.2. The molecular weight excluding hydrogens is 260 g/mol. The number of carbonyl (C=O) groups is 1. The van der Waals surface area contributed by atoms with Crippen LogP contribution in [0.25, 0.3) is 0 Å². The fourth-order valence-corrected chi connectivity index (χ4v) is 2.03. The number of carbonyl (C=O) groups excluding carboxylic acids is 1. The van der Waals surface area contributed by atoms with Gasteiger partial charge in [0.25, 0.3) is 5.91 Å². The second-order valence-electron chi connectivity index (χ2n) is 4.19. The number of benzene rings is 1. The fraction of sp³-hybridized carbons (Fsp3) is 0.200. The summed E-state index contributed by atoms with van der Waals surface area (Å²) in [6, 6.07) is 10.8. The Hall–Kier alpha value is -1.87. The maximum absolute atomic E-state index is 12.4. The van der Waals surface area contributed by atoms with Crippen LogP contribution in [0.15, 0.2) is 48.8 Å². The van der Waals surface area contributed by atoms with Gasteiger partial charge in [-0.3, -0.25) is 9.78 Å². The van der Waals surface area contributed by atoms with Crippen molar-refractivity contribution in [1.29, 1.82) is 0 Å². The van der Waals surface area contributed by atoms with E-state index in [1.54, 1.807) is 41.6 Å². The maximum Gasteiger partial charge on any atom is 0.254 e. The summed E-state index contributed by atoms with van der Waals surface area (Å²) >= 11 is 5.92. The number of nitrogens with zero attached hydrogens (tertiary/aromatic N) is 2. The Bertz CT molecular complexity index is 557. The van der Waals surface area contributed by atoms with Crippen molar-refractivity contribution in [1.82, 2.24) is 9.88 Å². The van der Waals surface area contributed by atoms with Crippen LogP contribution in [0.2, 0.25) is 5.02 Å². The van der Waals surface area contributed by atoms with Gasteiger partial charge in [0.1, 0.15) is 0 Å². The van der Waals surface area contributed by atoms with Gasteiger partial charge in [-0.25, -0.2) is 0 Å². The Labute approximate surface area is 117 Å². The van der Waals surface area contributed by atoms with Crippen molar-refractivity contribution in [3.63, 3.8) is 0 Å². The largest absolute Gasteiger partial charge is 0.335 e. The van der Waals surface area contributed by atoms with Crippen molar-refractivity contribution in [3.05, 3.63) is 64.9 Å². The van der Waals surface area contributed by atoms with Gasteiger partial charge in [-0.2, -0.15) is 0 Å². The Balaban J connectivity index is 2.16. The van der Waals surface area contributed by atoms with Crippen molar-refractivity contribution in [2.24, 2.45) is 0 Å². The van der Waals surface area contributed by atoms with Crippen LogP contribution < -0.4 is 0 Å². The maximum atomic E-state index is 12.4. The Morgan fingerprint density at radius 1 is 1.26 bits per heavy atom. The highest BCUT2D eigenvalue weighted by atomic mass is 35.5. The molecule has 2 rings (SSSR count). The molecule has 1 aromatic carbocycles. The summed E-state index contributed by atoms with van der Waals surface area (Å²) in [5, 5.41) is 0.575. The van der Waals surface area contributed by atoms with Gasteiger partial charge in [0.15, 0.2) is 0 Å². The predicted molar refractivity (Wildman–Crippen MR) is 76.1 cm³/mol. The zero-order chi connectivity index (χ0) is 13.7. The highest BCUT2D eigenvalue weighted by Gasteiger charge is 2.14. The van der Waals surface area contributed by atoms with E-state index in [0.29, 0.717) is 23.7 Å². The van der Waals surface area contributed by atoms with Crippen molar-refractivity contribution in [3.8, 4) is 0 Å². The van der Waals surface area contributed by atoms with Gasteiger partial charge in [-0.05, 0) is 42.8 Å². The lowest BCUT2D eigenvalue weighted by atomic mass is 10.1. The van der Waals surface area contributed by atoms with Gasteiger partial charge in [0.05, 0.1) is 0 Å². The molecule has 2 aromatic rings. The molecule has 0 aliphatic carbocycles. The van der Waals surface area contributed by atoms with Gasteiger partial charge in [-0.15, -0.1) is 0 Å². The molecule has 3 nitrogen and oxygen atoms in total. The highest BCUT2D eigenvalue weighted by molar-refractivity contribution is 6.30. The lowest BCUT2D eigenvalue weighted by Crippen LogP contribution is -2.30. The van der Waals surface area contributed by atoms with E-state index in [1.165, 1.54) is 0 Å². The average molecular weight is 275 g/mol. The van der Waals surface area contributed by atoms with Gasteiger partial charge in [0, 0.05) is 36.1 Å². The molecule has 0 atom stereocenters. The molecule has 19 heavy (non-hydrogen) atoms. The van der Waals surface area contributed by atoms with Crippen LogP contribution in [0.1, 0.15) is 22.8 Å². The van der Waals surface area contributed by atoms with Crippen LogP contribution >= 0.6 is 11.6 Å². The molecule has 4 heteroatoms. The molecule has 0 spiro atoms. The second-order valence-corrected chi connectivity index (χ2v) is 4.62. The van der Waals surface area contributed by atoms with Crippen molar-refractivity contribution >= 4 is 17.5 Å². The van der Waals surface area contributed by atoms with Gasteiger partial charge in [0.2, 0.25) is 0 Å². The predicted octanol–water partition coefficient (Wildman–Crippen LogP) is 3.40. The number of hydrogen-bond acceptors (Lipinski definition) is 2. The molecule has 0 bridgehead atoms. The van der Waals surface area contributed by atoms with E-state index < -0.39 is 0 Å². The molecule has 0 saturated carbocycles. The summed E-state index contributed by atoms with van der Waals surface area (Å²) in [6.45, 7) is 3.18. The van der Waals surface area contributed by atoms with Crippen molar-refractivity contribution in [2.45, 2.75) is 13.5 Å². The summed E-state index contributed by atoms with van der Waals surface area (Å²) in [7, 11) is 0. The minimum Gasteiger partial charge on any atom is -0.335 e. The third kappa shape index (κ3) is 3.55. The SMILES string of the molecule is CCN(Cc1ccncc1)C(=O)c1cccc(Cl)c1.